The Labute approximate surface area is 87.4 Å². The van der Waals surface area contributed by atoms with Crippen LogP contribution in [0.1, 0.15) is 26.2 Å². The lowest BCUT2D eigenvalue weighted by Gasteiger charge is -2.07. The number of carboxylic acid groups (broad SMARTS) is 1. The van der Waals surface area contributed by atoms with Gasteiger partial charge in [-0.3, -0.25) is 4.99 Å². The lowest BCUT2D eigenvalue weighted by Crippen LogP contribution is -2.17. The molecule has 1 aliphatic rings. The first kappa shape index (κ1) is 11.5. The number of carbonyl (C=O) groups is 1. The van der Waals surface area contributed by atoms with Gasteiger partial charge in [0.05, 0.1) is 11.1 Å². The fourth-order valence-corrected chi connectivity index (χ4v) is 2.38. The molecule has 0 aliphatic carbocycles. The van der Waals surface area contributed by atoms with Crippen LogP contribution in [0, 0.1) is 0 Å². The average Bonchev–Trinajstić information content (AvgIpc) is 2.53. The second-order valence-electron chi connectivity index (χ2n) is 3.33. The van der Waals surface area contributed by atoms with Crippen molar-refractivity contribution < 1.29 is 15.0 Å². The van der Waals surface area contributed by atoms with Gasteiger partial charge >= 0.3 is 5.97 Å². The third-order valence-corrected chi connectivity index (χ3v) is 3.11. The van der Waals surface area contributed by atoms with Gasteiger partial charge in [0.1, 0.15) is 0 Å². The molecule has 0 radical (unpaired) electrons. The van der Waals surface area contributed by atoms with Crippen molar-refractivity contribution in [1.29, 1.82) is 0 Å². The molecular formula is C9H15NO3S. The summed E-state index contributed by atoms with van der Waals surface area (Å²) in [6.07, 6.45) is 1.81. The molecule has 0 spiro atoms. The Morgan fingerprint density at radius 3 is 3.00 bits per heavy atom. The second kappa shape index (κ2) is 5.36. The summed E-state index contributed by atoms with van der Waals surface area (Å²) in [6.45, 7) is 2.01. The Hall–Kier alpha value is -0.550. The number of carboxylic acids is 1. The molecule has 0 aromatic carbocycles. The van der Waals surface area contributed by atoms with E-state index in [2.05, 4.69) is 4.99 Å². The fraction of sp³-hybridized carbons (Fsp3) is 0.778. The number of nitrogens with zero attached hydrogens (tertiary/aromatic N) is 1. The summed E-state index contributed by atoms with van der Waals surface area (Å²) < 4.78 is 0. The molecule has 0 amide bonds. The molecule has 0 aromatic rings. The van der Waals surface area contributed by atoms with Crippen LogP contribution in [0.2, 0.25) is 0 Å². The maximum absolute atomic E-state index is 10.6. The normalized spacial score (nSPS) is 23.3. The van der Waals surface area contributed by atoms with Gasteiger partial charge in [-0.25, -0.2) is 4.79 Å². The minimum atomic E-state index is -0.877. The third kappa shape index (κ3) is 3.31. The highest BCUT2D eigenvalue weighted by Crippen LogP contribution is 2.22. The first-order valence-corrected chi connectivity index (χ1v) is 5.72. The van der Waals surface area contributed by atoms with Gasteiger partial charge in [-0.05, 0) is 6.42 Å². The molecule has 0 fully saturated rings. The van der Waals surface area contributed by atoms with E-state index in [0.717, 1.165) is 17.9 Å². The Kier molecular flexibility index (Phi) is 4.41. The topological polar surface area (TPSA) is 69.9 Å². The van der Waals surface area contributed by atoms with E-state index in [1.54, 1.807) is 0 Å². The Morgan fingerprint density at radius 1 is 1.79 bits per heavy atom. The van der Waals surface area contributed by atoms with Crippen molar-refractivity contribution in [3.05, 3.63) is 0 Å². The van der Waals surface area contributed by atoms with Gasteiger partial charge in [0, 0.05) is 12.2 Å². The van der Waals surface area contributed by atoms with E-state index in [9.17, 15) is 9.90 Å². The molecule has 80 valence electrons. The Balaban J connectivity index is 2.39. The number of aliphatic imine (C=N–C) groups is 1. The molecule has 2 unspecified atom stereocenters. The van der Waals surface area contributed by atoms with Crippen molar-refractivity contribution >= 4 is 22.8 Å². The molecule has 14 heavy (non-hydrogen) atoms. The SMILES string of the molecule is CCCC(O)CC1=NC(C(=O)O)CS1. The van der Waals surface area contributed by atoms with Crippen LogP contribution < -0.4 is 0 Å². The van der Waals surface area contributed by atoms with Crippen LogP contribution in [-0.4, -0.2) is 39.1 Å². The zero-order valence-electron chi connectivity index (χ0n) is 8.14. The smallest absolute Gasteiger partial charge is 0.329 e. The third-order valence-electron chi connectivity index (χ3n) is 2.02. The van der Waals surface area contributed by atoms with Crippen LogP contribution in [0.25, 0.3) is 0 Å². The average molecular weight is 217 g/mol. The van der Waals surface area contributed by atoms with Crippen molar-refractivity contribution in [2.24, 2.45) is 4.99 Å². The molecule has 0 saturated carbocycles. The van der Waals surface area contributed by atoms with Gasteiger partial charge in [-0.15, -0.1) is 11.8 Å². The van der Waals surface area contributed by atoms with Crippen LogP contribution in [0.3, 0.4) is 0 Å². The van der Waals surface area contributed by atoms with Crippen LogP contribution in [0.4, 0.5) is 0 Å². The van der Waals surface area contributed by atoms with Crippen LogP contribution >= 0.6 is 11.8 Å². The Bertz CT molecular complexity index is 242. The molecule has 2 N–H and O–H groups in total. The lowest BCUT2D eigenvalue weighted by atomic mass is 10.1. The summed E-state index contributed by atoms with van der Waals surface area (Å²) >= 11 is 1.44. The van der Waals surface area contributed by atoms with Crippen LogP contribution in [0.5, 0.6) is 0 Å². The van der Waals surface area contributed by atoms with Gasteiger partial charge in [-0.1, -0.05) is 13.3 Å². The quantitative estimate of drug-likeness (QED) is 0.724. The van der Waals surface area contributed by atoms with Crippen LogP contribution in [-0.2, 0) is 4.79 Å². The monoisotopic (exact) mass is 217 g/mol. The predicted octanol–water partition coefficient (Wildman–Crippen LogP) is 1.14. The first-order valence-electron chi connectivity index (χ1n) is 4.73. The maximum Gasteiger partial charge on any atom is 0.329 e. The maximum atomic E-state index is 10.6. The summed E-state index contributed by atoms with van der Waals surface area (Å²) in [5, 5.41) is 19.0. The van der Waals surface area contributed by atoms with Gasteiger partial charge in [0.25, 0.3) is 0 Å². The first-order chi connectivity index (χ1) is 6.63. The number of hydrogen-bond donors (Lipinski definition) is 2. The van der Waals surface area contributed by atoms with Crippen LogP contribution in [0.15, 0.2) is 4.99 Å². The summed E-state index contributed by atoms with van der Waals surface area (Å²) in [7, 11) is 0. The van der Waals surface area contributed by atoms with Crippen molar-refractivity contribution in [3.63, 3.8) is 0 Å². The molecule has 0 aromatic heterocycles. The zero-order valence-corrected chi connectivity index (χ0v) is 8.96. The van der Waals surface area contributed by atoms with E-state index in [1.165, 1.54) is 11.8 Å². The molecule has 0 saturated heterocycles. The number of aliphatic carboxylic acids is 1. The minimum absolute atomic E-state index is 0.376. The van der Waals surface area contributed by atoms with E-state index in [0.29, 0.717) is 12.2 Å². The van der Waals surface area contributed by atoms with Crippen molar-refractivity contribution in [1.82, 2.24) is 0 Å². The molecule has 1 rings (SSSR count). The predicted molar refractivity (Wildman–Crippen MR) is 56.8 cm³/mol. The molecule has 5 heteroatoms. The fourth-order valence-electron chi connectivity index (χ4n) is 1.30. The van der Waals surface area contributed by atoms with Gasteiger partial charge in [0.2, 0.25) is 0 Å². The highest BCUT2D eigenvalue weighted by Gasteiger charge is 2.25. The molecule has 0 bridgehead atoms. The Morgan fingerprint density at radius 2 is 2.50 bits per heavy atom. The summed E-state index contributed by atoms with van der Waals surface area (Å²) in [6, 6.07) is -0.608. The summed E-state index contributed by atoms with van der Waals surface area (Å²) in [5.41, 5.74) is 0. The van der Waals surface area contributed by atoms with E-state index >= 15 is 0 Å². The standard InChI is InChI=1S/C9H15NO3S/c1-2-3-6(11)4-8-10-7(5-14-8)9(12)13/h6-7,11H,2-5H2,1H3,(H,12,13). The van der Waals surface area contributed by atoms with E-state index in [4.69, 9.17) is 5.11 Å². The van der Waals surface area contributed by atoms with E-state index < -0.39 is 12.0 Å². The lowest BCUT2D eigenvalue weighted by molar-refractivity contribution is -0.137. The number of aliphatic hydroxyl groups excluding tert-OH is 1. The van der Waals surface area contributed by atoms with Gasteiger partial charge < -0.3 is 10.2 Å². The molecule has 2 atom stereocenters. The number of thioether (sulfide) groups is 1. The molecule has 4 nitrogen and oxygen atoms in total. The summed E-state index contributed by atoms with van der Waals surface area (Å²) in [5.74, 6) is -0.374. The highest BCUT2D eigenvalue weighted by molar-refractivity contribution is 8.14. The summed E-state index contributed by atoms with van der Waals surface area (Å²) in [4.78, 5) is 14.6. The van der Waals surface area contributed by atoms with Crippen molar-refractivity contribution in [2.75, 3.05) is 5.75 Å². The van der Waals surface area contributed by atoms with E-state index in [-0.39, 0.29) is 6.10 Å². The molecular weight excluding hydrogens is 202 g/mol. The number of aliphatic hydroxyl groups is 1. The molecule has 1 aliphatic heterocycles. The van der Waals surface area contributed by atoms with Gasteiger partial charge in [0.15, 0.2) is 6.04 Å². The number of hydrogen-bond acceptors (Lipinski definition) is 4. The largest absolute Gasteiger partial charge is 0.480 e. The molecule has 1 heterocycles. The second-order valence-corrected chi connectivity index (χ2v) is 4.43. The number of rotatable bonds is 5. The minimum Gasteiger partial charge on any atom is -0.480 e. The highest BCUT2D eigenvalue weighted by atomic mass is 32.2. The van der Waals surface area contributed by atoms with Crippen molar-refractivity contribution in [2.45, 2.75) is 38.3 Å². The van der Waals surface area contributed by atoms with E-state index in [1.807, 2.05) is 6.92 Å². The zero-order chi connectivity index (χ0) is 10.6. The van der Waals surface area contributed by atoms with Crippen molar-refractivity contribution in [3.8, 4) is 0 Å². The van der Waals surface area contributed by atoms with Gasteiger partial charge in [-0.2, -0.15) is 0 Å².